The predicted octanol–water partition coefficient (Wildman–Crippen LogP) is 6.10. The van der Waals surface area contributed by atoms with Crippen molar-refractivity contribution in [3.63, 3.8) is 0 Å². The molecule has 6 aliphatic rings. The molecule has 7 atom stereocenters. The van der Waals surface area contributed by atoms with Crippen molar-refractivity contribution < 1.29 is 41.6 Å². The second kappa shape index (κ2) is 11.0. The van der Waals surface area contributed by atoms with Crippen molar-refractivity contribution >= 4 is 28.0 Å². The Morgan fingerprint density at radius 2 is 1.40 bits per heavy atom. The van der Waals surface area contributed by atoms with Gasteiger partial charge in [0.1, 0.15) is 22.9 Å². The molecule has 1 aliphatic heterocycles. The lowest BCUT2D eigenvalue weighted by Gasteiger charge is -2.45. The van der Waals surface area contributed by atoms with E-state index in [2.05, 4.69) is 24.3 Å². The highest BCUT2D eigenvalue weighted by Gasteiger charge is 2.70. The van der Waals surface area contributed by atoms with Gasteiger partial charge in [-0.2, -0.15) is 8.42 Å². The summed E-state index contributed by atoms with van der Waals surface area (Å²) in [6.07, 6.45) is -0.257. The Morgan fingerprint density at radius 3 is 1.94 bits per heavy atom. The molecular formula is C38H38O9S. The molecule has 0 aromatic heterocycles. The van der Waals surface area contributed by atoms with Crippen LogP contribution >= 0.6 is 0 Å². The molecule has 9 nitrogen and oxygen atoms in total. The molecule has 2 saturated carbocycles. The van der Waals surface area contributed by atoms with E-state index in [-0.39, 0.29) is 46.2 Å². The van der Waals surface area contributed by atoms with Gasteiger partial charge in [0.05, 0.1) is 17.8 Å². The van der Waals surface area contributed by atoms with Gasteiger partial charge in [0.25, 0.3) is 10.1 Å². The van der Waals surface area contributed by atoms with Crippen LogP contribution in [0, 0.1) is 29.6 Å². The Kier molecular flexibility index (Phi) is 7.16. The molecule has 1 N–H and O–H groups in total. The zero-order chi connectivity index (χ0) is 33.8. The summed E-state index contributed by atoms with van der Waals surface area (Å²) in [5, 5.41) is 0. The number of carbonyl (C=O) groups is 3. The molecule has 1 saturated heterocycles. The van der Waals surface area contributed by atoms with E-state index in [0.717, 1.165) is 11.1 Å². The minimum atomic E-state index is -4.55. The second-order valence-electron chi connectivity index (χ2n) is 14.7. The summed E-state index contributed by atoms with van der Waals surface area (Å²) in [5.74, 6) is -4.73. The quantitative estimate of drug-likeness (QED) is 0.180. The van der Waals surface area contributed by atoms with Crippen LogP contribution < -0.4 is 4.74 Å². The Morgan fingerprint density at radius 1 is 0.833 bits per heavy atom. The number of carbonyl (C=O) groups excluding carboxylic acids is 3. The van der Waals surface area contributed by atoms with E-state index in [1.54, 1.807) is 27.7 Å². The molecular weight excluding hydrogens is 632 g/mol. The number of hydrogen-bond acceptors (Lipinski definition) is 8. The van der Waals surface area contributed by atoms with Crippen molar-refractivity contribution in [3.05, 3.63) is 94.0 Å². The highest BCUT2D eigenvalue weighted by atomic mass is 32.2. The van der Waals surface area contributed by atoms with Crippen molar-refractivity contribution in [3.8, 4) is 5.75 Å². The van der Waals surface area contributed by atoms with Gasteiger partial charge in [-0.25, -0.2) is 0 Å². The number of rotatable bonds is 7. The number of benzene rings is 3. The number of ether oxygens (including phenoxy) is 3. The van der Waals surface area contributed by atoms with Crippen LogP contribution in [0.15, 0.2) is 65.6 Å². The lowest BCUT2D eigenvalue weighted by Crippen LogP contribution is -2.46. The van der Waals surface area contributed by atoms with E-state index in [9.17, 15) is 27.4 Å². The molecule has 4 bridgehead atoms. The first-order valence-electron chi connectivity index (χ1n) is 16.8. The fraction of sp³-hybridized carbons (Fsp3) is 0.447. The van der Waals surface area contributed by atoms with Gasteiger partial charge in [-0.05, 0) is 70.2 Å². The summed E-state index contributed by atoms with van der Waals surface area (Å²) in [6, 6.07) is 19.4. The molecule has 7 unspecified atom stereocenters. The van der Waals surface area contributed by atoms with Crippen molar-refractivity contribution in [2.45, 2.75) is 81.3 Å². The Bertz CT molecular complexity index is 1900. The molecule has 3 aromatic rings. The maximum Gasteiger partial charge on any atom is 0.315 e. The van der Waals surface area contributed by atoms with Crippen LogP contribution in [0.3, 0.4) is 0 Å². The number of hydrogen-bond donors (Lipinski definition) is 1. The molecule has 9 rings (SSSR count). The van der Waals surface area contributed by atoms with E-state index in [4.69, 9.17) is 14.2 Å². The molecule has 250 valence electrons. The Hall–Kier alpha value is -4.02. The number of fused-ring (bicyclic) bond motifs is 2. The van der Waals surface area contributed by atoms with Crippen molar-refractivity contribution in [2.75, 3.05) is 0 Å². The highest BCUT2D eigenvalue weighted by Crippen LogP contribution is 2.60. The largest absolute Gasteiger partial charge is 0.458 e. The van der Waals surface area contributed by atoms with Gasteiger partial charge >= 0.3 is 17.9 Å². The van der Waals surface area contributed by atoms with Crippen molar-refractivity contribution in [1.29, 1.82) is 0 Å². The summed E-state index contributed by atoms with van der Waals surface area (Å²) < 4.78 is 52.9. The second-order valence-corrected chi connectivity index (χ2v) is 16.0. The molecule has 48 heavy (non-hydrogen) atoms. The lowest BCUT2D eigenvalue weighted by atomic mass is 9.59. The first-order valence-corrected chi connectivity index (χ1v) is 18.2. The van der Waals surface area contributed by atoms with Gasteiger partial charge in [-0.3, -0.25) is 18.9 Å². The van der Waals surface area contributed by atoms with E-state index < -0.39 is 57.9 Å². The average molecular weight is 671 g/mol. The standard InChI is InChI=1S/C38H38O9S/c1-17(2)24-13-19(14-25(18(3)4)35(24)48(42,43)44)45-37(40)31-27-16-28-32(31)38(41)47-34(28)33(27)46-36(39)29-15-26-20-9-5-7-11-22(20)30(29)23-12-8-6-10-21(23)26/h5-14,17-18,26-34H,15-16H2,1-4H3,(H,42,43,44). The monoisotopic (exact) mass is 670 g/mol. The highest BCUT2D eigenvalue weighted by molar-refractivity contribution is 7.86. The molecule has 3 aromatic carbocycles. The number of esters is 3. The van der Waals surface area contributed by atoms with Crippen LogP contribution in [0.2, 0.25) is 0 Å². The van der Waals surface area contributed by atoms with Crippen LogP contribution in [0.5, 0.6) is 5.75 Å². The molecule has 10 heteroatoms. The smallest absolute Gasteiger partial charge is 0.315 e. The van der Waals surface area contributed by atoms with Crippen LogP contribution in [0.1, 0.15) is 97.6 Å². The summed E-state index contributed by atoms with van der Waals surface area (Å²) in [4.78, 5) is 41.1. The van der Waals surface area contributed by atoms with Crippen molar-refractivity contribution in [2.24, 2.45) is 29.6 Å². The normalized spacial score (nSPS) is 30.7. The van der Waals surface area contributed by atoms with Gasteiger partial charge in [0.15, 0.2) is 0 Å². The Balaban J connectivity index is 1.08. The summed E-state index contributed by atoms with van der Waals surface area (Å²) in [7, 11) is -4.55. The fourth-order valence-corrected chi connectivity index (χ4v) is 10.8. The van der Waals surface area contributed by atoms with Crippen LogP contribution in [0.25, 0.3) is 0 Å². The third-order valence-corrected chi connectivity index (χ3v) is 12.5. The third-order valence-electron chi connectivity index (χ3n) is 11.5. The van der Waals surface area contributed by atoms with Gasteiger partial charge in [0.2, 0.25) is 0 Å². The molecule has 0 radical (unpaired) electrons. The van der Waals surface area contributed by atoms with Gasteiger partial charge in [-0.1, -0.05) is 76.2 Å². The average Bonchev–Trinajstić information content (AvgIpc) is 3.68. The predicted molar refractivity (Wildman–Crippen MR) is 173 cm³/mol. The lowest BCUT2D eigenvalue weighted by molar-refractivity contribution is -0.169. The molecule has 3 fully saturated rings. The zero-order valence-corrected chi connectivity index (χ0v) is 28.0. The minimum absolute atomic E-state index is 0.0788. The third kappa shape index (κ3) is 4.59. The maximum absolute atomic E-state index is 14.1. The molecule has 0 spiro atoms. The van der Waals surface area contributed by atoms with Crippen LogP contribution in [-0.4, -0.2) is 43.1 Å². The summed E-state index contributed by atoms with van der Waals surface area (Å²) >= 11 is 0. The first kappa shape index (κ1) is 31.3. The van der Waals surface area contributed by atoms with Gasteiger partial charge < -0.3 is 14.2 Å². The van der Waals surface area contributed by atoms with Crippen LogP contribution in [0.4, 0.5) is 0 Å². The maximum atomic E-state index is 14.1. The SMILES string of the molecule is CC(C)c1cc(OC(=O)C2C3CC4C(OC(=O)C42)C3OC(=O)C2CC3c4ccccc4C2c2ccccc23)cc(C(C)C)c1S(=O)(=O)O. The van der Waals surface area contributed by atoms with Crippen LogP contribution in [-0.2, 0) is 34.0 Å². The Labute approximate surface area is 279 Å². The molecule has 5 aliphatic carbocycles. The van der Waals surface area contributed by atoms with E-state index in [0.29, 0.717) is 24.0 Å². The summed E-state index contributed by atoms with van der Waals surface area (Å²) in [5.41, 5.74) is 5.42. The van der Waals surface area contributed by atoms with E-state index in [1.165, 1.54) is 23.3 Å². The van der Waals surface area contributed by atoms with E-state index in [1.807, 2.05) is 24.3 Å². The molecule has 1 heterocycles. The fourth-order valence-electron chi connectivity index (χ4n) is 9.60. The van der Waals surface area contributed by atoms with Crippen molar-refractivity contribution in [1.82, 2.24) is 0 Å². The molecule has 0 amide bonds. The van der Waals surface area contributed by atoms with Gasteiger partial charge in [-0.15, -0.1) is 0 Å². The summed E-state index contributed by atoms with van der Waals surface area (Å²) in [6.45, 7) is 7.16. The van der Waals surface area contributed by atoms with Gasteiger partial charge in [0, 0.05) is 23.7 Å². The topological polar surface area (TPSA) is 133 Å². The zero-order valence-electron chi connectivity index (χ0n) is 27.2. The van der Waals surface area contributed by atoms with E-state index >= 15 is 0 Å². The first-order chi connectivity index (χ1) is 22.8. The minimum Gasteiger partial charge on any atom is -0.458 e.